The maximum atomic E-state index is 5.36. The molecule has 0 fully saturated rings. The van der Waals surface area contributed by atoms with Gasteiger partial charge in [-0.1, -0.05) is 0 Å². The monoisotopic (exact) mass is 299 g/mol. The van der Waals surface area contributed by atoms with Gasteiger partial charge < -0.3 is 20.3 Å². The van der Waals surface area contributed by atoms with Crippen LogP contribution in [-0.2, 0) is 11.3 Å². The molecular formula is C13H25N5OS. The molecule has 0 unspecified atom stereocenters. The maximum Gasteiger partial charge on any atom is 0.191 e. The molecule has 1 heterocycles. The number of ether oxygens (including phenoxy) is 1. The molecule has 6 nitrogen and oxygen atoms in total. The molecule has 0 radical (unpaired) electrons. The van der Waals surface area contributed by atoms with E-state index in [4.69, 9.17) is 4.74 Å². The van der Waals surface area contributed by atoms with Crippen LogP contribution < -0.4 is 15.5 Å². The summed E-state index contributed by atoms with van der Waals surface area (Å²) in [5.41, 5.74) is 0.781. The van der Waals surface area contributed by atoms with Crippen LogP contribution in [0.3, 0.4) is 0 Å². The van der Waals surface area contributed by atoms with Crippen LogP contribution in [0.1, 0.15) is 19.5 Å². The topological polar surface area (TPSA) is 61.8 Å². The number of aromatic nitrogens is 1. The van der Waals surface area contributed by atoms with Gasteiger partial charge in [-0.15, -0.1) is 11.3 Å². The molecular weight excluding hydrogens is 274 g/mol. The van der Waals surface area contributed by atoms with Crippen LogP contribution in [0.15, 0.2) is 10.4 Å². The highest BCUT2D eigenvalue weighted by molar-refractivity contribution is 7.13. The number of hydrogen-bond acceptors (Lipinski definition) is 5. The first-order valence-corrected chi connectivity index (χ1v) is 7.37. The normalized spacial score (nSPS) is 12.4. The second-order valence-corrected chi connectivity index (χ2v) is 6.10. The zero-order chi connectivity index (χ0) is 15.2. The molecule has 0 aromatic carbocycles. The number of nitrogens with one attached hydrogen (secondary N) is 2. The Labute approximate surface area is 125 Å². The van der Waals surface area contributed by atoms with Gasteiger partial charge in [-0.2, -0.15) is 0 Å². The fourth-order valence-corrected chi connectivity index (χ4v) is 2.10. The van der Waals surface area contributed by atoms with E-state index in [2.05, 4.69) is 26.0 Å². The Balaban J connectivity index is 2.45. The van der Waals surface area contributed by atoms with Gasteiger partial charge in [0.2, 0.25) is 0 Å². The van der Waals surface area contributed by atoms with E-state index in [1.54, 1.807) is 25.5 Å². The average Bonchev–Trinajstić information content (AvgIpc) is 2.88. The third-order valence-corrected chi connectivity index (χ3v) is 3.87. The van der Waals surface area contributed by atoms with Crippen molar-refractivity contribution in [3.63, 3.8) is 0 Å². The lowest BCUT2D eigenvalue weighted by Gasteiger charge is -2.24. The van der Waals surface area contributed by atoms with Crippen LogP contribution >= 0.6 is 11.3 Å². The molecule has 7 heteroatoms. The van der Waals surface area contributed by atoms with Gasteiger partial charge >= 0.3 is 0 Å². The molecule has 0 spiro atoms. The third kappa shape index (κ3) is 5.34. The number of anilines is 1. The Hall–Kier alpha value is -1.34. The molecule has 20 heavy (non-hydrogen) atoms. The summed E-state index contributed by atoms with van der Waals surface area (Å²) in [5.74, 6) is 0.745. The summed E-state index contributed by atoms with van der Waals surface area (Å²) in [6.45, 7) is 5.38. The number of guanidine groups is 1. The SMILES string of the molecule is CN=C(NCc1csc(N(C)C)n1)NCC(C)(C)OC. The van der Waals surface area contributed by atoms with Crippen molar-refractivity contribution in [1.29, 1.82) is 0 Å². The first kappa shape index (κ1) is 16.7. The highest BCUT2D eigenvalue weighted by atomic mass is 32.1. The van der Waals surface area contributed by atoms with Crippen molar-refractivity contribution < 1.29 is 4.74 Å². The molecule has 0 aliphatic carbocycles. The molecule has 0 atom stereocenters. The predicted molar refractivity (Wildman–Crippen MR) is 85.7 cm³/mol. The minimum Gasteiger partial charge on any atom is -0.377 e. The average molecular weight is 299 g/mol. The van der Waals surface area contributed by atoms with Gasteiger partial charge in [-0.05, 0) is 13.8 Å². The van der Waals surface area contributed by atoms with Gasteiger partial charge in [-0.25, -0.2) is 4.98 Å². The Morgan fingerprint density at radius 1 is 1.45 bits per heavy atom. The van der Waals surface area contributed by atoms with Crippen molar-refractivity contribution in [2.24, 2.45) is 4.99 Å². The Kier molecular flexibility index (Phi) is 6.22. The second kappa shape index (κ2) is 7.44. The van der Waals surface area contributed by atoms with Crippen molar-refractivity contribution in [3.8, 4) is 0 Å². The fraction of sp³-hybridized carbons (Fsp3) is 0.692. The van der Waals surface area contributed by atoms with E-state index in [0.717, 1.165) is 16.8 Å². The van der Waals surface area contributed by atoms with Gasteiger partial charge in [0.1, 0.15) is 0 Å². The molecule has 114 valence electrons. The Morgan fingerprint density at radius 2 is 2.15 bits per heavy atom. The lowest BCUT2D eigenvalue weighted by atomic mass is 10.1. The first-order valence-electron chi connectivity index (χ1n) is 6.49. The summed E-state index contributed by atoms with van der Waals surface area (Å²) in [6.07, 6.45) is 0. The summed E-state index contributed by atoms with van der Waals surface area (Å²) in [4.78, 5) is 10.7. The quantitative estimate of drug-likeness (QED) is 0.612. The number of nitrogens with zero attached hydrogens (tertiary/aromatic N) is 3. The van der Waals surface area contributed by atoms with Gasteiger partial charge in [0, 0.05) is 40.2 Å². The molecule has 1 aromatic heterocycles. The van der Waals surface area contributed by atoms with E-state index in [-0.39, 0.29) is 5.60 Å². The molecule has 0 saturated carbocycles. The van der Waals surface area contributed by atoms with E-state index in [1.807, 2.05) is 32.8 Å². The predicted octanol–water partition coefficient (Wildman–Crippen LogP) is 1.30. The number of aliphatic imine (C=N–C) groups is 1. The molecule has 1 aromatic rings. The molecule has 0 bridgehead atoms. The second-order valence-electron chi connectivity index (χ2n) is 5.26. The van der Waals surface area contributed by atoms with E-state index >= 15 is 0 Å². The zero-order valence-electron chi connectivity index (χ0n) is 13.1. The van der Waals surface area contributed by atoms with E-state index in [1.165, 1.54) is 0 Å². The van der Waals surface area contributed by atoms with Crippen LogP contribution in [0.25, 0.3) is 0 Å². The van der Waals surface area contributed by atoms with Crippen molar-refractivity contribution in [3.05, 3.63) is 11.1 Å². The fourth-order valence-electron chi connectivity index (χ4n) is 1.35. The Morgan fingerprint density at radius 3 is 2.65 bits per heavy atom. The van der Waals surface area contributed by atoms with E-state index < -0.39 is 0 Å². The molecule has 0 amide bonds. The zero-order valence-corrected chi connectivity index (χ0v) is 14.0. The Bertz CT molecular complexity index is 442. The number of rotatable bonds is 6. The largest absolute Gasteiger partial charge is 0.377 e. The van der Waals surface area contributed by atoms with Gasteiger partial charge in [0.15, 0.2) is 11.1 Å². The highest BCUT2D eigenvalue weighted by Crippen LogP contribution is 2.17. The number of thiazole rings is 1. The van der Waals surface area contributed by atoms with Crippen molar-refractivity contribution in [2.75, 3.05) is 39.7 Å². The lowest BCUT2D eigenvalue weighted by Crippen LogP contribution is -2.45. The first-order chi connectivity index (χ1) is 9.38. The van der Waals surface area contributed by atoms with Gasteiger partial charge in [0.25, 0.3) is 0 Å². The third-order valence-electron chi connectivity index (χ3n) is 2.82. The molecule has 2 N–H and O–H groups in total. The number of methoxy groups -OCH3 is 1. The summed E-state index contributed by atoms with van der Waals surface area (Å²) < 4.78 is 5.36. The van der Waals surface area contributed by atoms with Crippen LogP contribution in [0.5, 0.6) is 0 Å². The molecule has 0 aliphatic heterocycles. The van der Waals surface area contributed by atoms with Crippen molar-refractivity contribution >= 4 is 22.4 Å². The van der Waals surface area contributed by atoms with Gasteiger partial charge in [0.05, 0.1) is 17.8 Å². The van der Waals surface area contributed by atoms with Crippen molar-refractivity contribution in [2.45, 2.75) is 26.0 Å². The molecule has 0 aliphatic rings. The van der Waals surface area contributed by atoms with E-state index in [0.29, 0.717) is 13.1 Å². The van der Waals surface area contributed by atoms with E-state index in [9.17, 15) is 0 Å². The minimum atomic E-state index is -0.226. The van der Waals surface area contributed by atoms with Gasteiger partial charge in [-0.3, -0.25) is 4.99 Å². The summed E-state index contributed by atoms with van der Waals surface area (Å²) in [7, 11) is 7.43. The van der Waals surface area contributed by atoms with Crippen molar-refractivity contribution in [1.82, 2.24) is 15.6 Å². The summed E-state index contributed by atoms with van der Waals surface area (Å²) in [6, 6.07) is 0. The molecule has 0 saturated heterocycles. The highest BCUT2D eigenvalue weighted by Gasteiger charge is 2.16. The van der Waals surface area contributed by atoms with Crippen LogP contribution in [0.4, 0.5) is 5.13 Å². The summed E-state index contributed by atoms with van der Waals surface area (Å²) >= 11 is 1.63. The maximum absolute atomic E-state index is 5.36. The summed E-state index contributed by atoms with van der Waals surface area (Å²) in [5, 5.41) is 9.54. The lowest BCUT2D eigenvalue weighted by molar-refractivity contribution is 0.0268. The van der Waals surface area contributed by atoms with Crippen LogP contribution in [-0.4, -0.2) is 51.3 Å². The van der Waals surface area contributed by atoms with Crippen LogP contribution in [0.2, 0.25) is 0 Å². The standard InChI is InChI=1S/C13H25N5OS/c1-13(2,19-6)9-16-11(14-3)15-7-10-8-20-12(17-10)18(4)5/h8H,7,9H2,1-6H3,(H2,14,15,16). The molecule has 1 rings (SSSR count). The van der Waals surface area contributed by atoms with Crippen LogP contribution in [0, 0.1) is 0 Å². The minimum absolute atomic E-state index is 0.226. The number of hydrogen-bond donors (Lipinski definition) is 2. The smallest absolute Gasteiger partial charge is 0.191 e.